The molecule has 0 aliphatic heterocycles. The maximum absolute atomic E-state index is 11.4. The normalized spacial score (nSPS) is 15.5. The third-order valence-corrected chi connectivity index (χ3v) is 5.32. The summed E-state index contributed by atoms with van der Waals surface area (Å²) < 4.78 is 11.4. The second kappa shape index (κ2) is 8.70. The number of aliphatic imine (C=N–C) groups is 1. The van der Waals surface area contributed by atoms with E-state index in [4.69, 9.17) is 28.9 Å². The topological polar surface area (TPSA) is 67.5 Å². The number of halogens is 2. The first-order valence-corrected chi connectivity index (χ1v) is 10.1. The number of nitrogens with two attached hydrogens (primary N) is 1. The van der Waals surface area contributed by atoms with Crippen LogP contribution in [0.5, 0.6) is 0 Å². The van der Waals surface area contributed by atoms with Gasteiger partial charge in [0.25, 0.3) is 0 Å². The fourth-order valence-corrected chi connectivity index (χ4v) is 3.50. The van der Waals surface area contributed by atoms with Crippen molar-refractivity contribution in [2.75, 3.05) is 6.26 Å². The summed E-state index contributed by atoms with van der Waals surface area (Å²) in [6.45, 7) is 3.90. The van der Waals surface area contributed by atoms with Crippen molar-refractivity contribution in [3.63, 3.8) is 0 Å². The van der Waals surface area contributed by atoms with Crippen LogP contribution in [0.4, 0.5) is 0 Å². The Morgan fingerprint density at radius 2 is 1.80 bits per heavy atom. The monoisotopic (exact) mass is 397 g/mol. The standard InChI is InChI=1S/C18H21Cl2N3OS/c1-11(13-4-7-15(8-5-13)25(3)24)22-18(21)23-12(2)16-9-6-14(19)10-17(16)20/h4-12H,1-3H3,(H3,21,22,23). The van der Waals surface area contributed by atoms with E-state index in [9.17, 15) is 4.21 Å². The van der Waals surface area contributed by atoms with Crippen molar-refractivity contribution in [1.29, 1.82) is 0 Å². The Bertz CT molecular complexity index is 793. The molecule has 0 saturated carbocycles. The zero-order chi connectivity index (χ0) is 18.6. The second-order valence-electron chi connectivity index (χ2n) is 5.75. The zero-order valence-electron chi connectivity index (χ0n) is 14.3. The molecule has 2 aromatic carbocycles. The van der Waals surface area contributed by atoms with E-state index in [-0.39, 0.29) is 12.1 Å². The predicted molar refractivity (Wildman–Crippen MR) is 107 cm³/mol. The molecule has 0 heterocycles. The van der Waals surface area contributed by atoms with Gasteiger partial charge in [0.15, 0.2) is 5.96 Å². The van der Waals surface area contributed by atoms with E-state index in [1.807, 2.05) is 44.2 Å². The molecule has 4 nitrogen and oxygen atoms in total. The van der Waals surface area contributed by atoms with Gasteiger partial charge in [-0.05, 0) is 49.2 Å². The summed E-state index contributed by atoms with van der Waals surface area (Å²) in [4.78, 5) is 5.26. The highest BCUT2D eigenvalue weighted by Gasteiger charge is 2.12. The molecule has 0 bridgehead atoms. The number of hydrogen-bond acceptors (Lipinski definition) is 2. The Kier molecular flexibility index (Phi) is 6.87. The Labute approximate surface area is 160 Å². The number of benzene rings is 2. The third-order valence-electron chi connectivity index (χ3n) is 3.82. The van der Waals surface area contributed by atoms with E-state index in [2.05, 4.69) is 10.3 Å². The molecule has 25 heavy (non-hydrogen) atoms. The van der Waals surface area contributed by atoms with E-state index in [0.717, 1.165) is 16.0 Å². The van der Waals surface area contributed by atoms with Gasteiger partial charge in [-0.2, -0.15) is 0 Å². The molecule has 0 aliphatic carbocycles. The molecule has 3 N–H and O–H groups in total. The molecule has 134 valence electrons. The Morgan fingerprint density at radius 3 is 2.36 bits per heavy atom. The van der Waals surface area contributed by atoms with Gasteiger partial charge >= 0.3 is 0 Å². The van der Waals surface area contributed by atoms with E-state index in [0.29, 0.717) is 16.0 Å². The summed E-state index contributed by atoms with van der Waals surface area (Å²) in [6, 6.07) is 12.6. The minimum atomic E-state index is -0.989. The molecule has 3 unspecified atom stereocenters. The first-order chi connectivity index (χ1) is 11.8. The average molecular weight is 398 g/mol. The Balaban J connectivity index is 2.08. The second-order valence-corrected chi connectivity index (χ2v) is 7.97. The lowest BCUT2D eigenvalue weighted by Crippen LogP contribution is -2.34. The van der Waals surface area contributed by atoms with Crippen molar-refractivity contribution in [3.05, 3.63) is 63.6 Å². The lowest BCUT2D eigenvalue weighted by atomic mass is 10.1. The first-order valence-electron chi connectivity index (χ1n) is 7.76. The molecule has 3 atom stereocenters. The van der Waals surface area contributed by atoms with Gasteiger partial charge in [-0.15, -0.1) is 0 Å². The van der Waals surface area contributed by atoms with Crippen LogP contribution in [0.15, 0.2) is 52.4 Å². The van der Waals surface area contributed by atoms with Crippen molar-refractivity contribution in [2.45, 2.75) is 30.8 Å². The lowest BCUT2D eigenvalue weighted by molar-refractivity contribution is 0.686. The summed E-state index contributed by atoms with van der Waals surface area (Å²) in [5, 5.41) is 4.31. The van der Waals surface area contributed by atoms with Crippen LogP contribution < -0.4 is 11.1 Å². The highest BCUT2D eigenvalue weighted by atomic mass is 35.5. The highest BCUT2D eigenvalue weighted by molar-refractivity contribution is 7.84. The Morgan fingerprint density at radius 1 is 1.16 bits per heavy atom. The zero-order valence-corrected chi connectivity index (χ0v) is 16.6. The number of nitrogens with one attached hydrogen (secondary N) is 1. The van der Waals surface area contributed by atoms with Crippen LogP contribution >= 0.6 is 23.2 Å². The van der Waals surface area contributed by atoms with Gasteiger partial charge in [0, 0.05) is 32.0 Å². The SMILES string of the molecule is CC(N=C(N)NC(C)c1ccc(Cl)cc1Cl)c1ccc(S(C)=O)cc1. The number of rotatable bonds is 5. The van der Waals surface area contributed by atoms with E-state index in [1.54, 1.807) is 18.4 Å². The fraction of sp³-hybridized carbons (Fsp3) is 0.278. The third kappa shape index (κ3) is 5.46. The minimum absolute atomic E-state index is 0.106. The highest BCUT2D eigenvalue weighted by Crippen LogP contribution is 2.26. The molecule has 0 saturated heterocycles. The molecular formula is C18H21Cl2N3OS. The van der Waals surface area contributed by atoms with Gasteiger partial charge in [-0.25, -0.2) is 4.99 Å². The summed E-state index contributed by atoms with van der Waals surface area (Å²) in [6.07, 6.45) is 1.65. The summed E-state index contributed by atoms with van der Waals surface area (Å²) in [5.74, 6) is 0.328. The molecule has 0 fully saturated rings. The Hall–Kier alpha value is -1.56. The molecule has 0 aromatic heterocycles. The average Bonchev–Trinajstić information content (AvgIpc) is 2.54. The molecular weight excluding hydrogens is 377 g/mol. The van der Waals surface area contributed by atoms with E-state index < -0.39 is 10.8 Å². The summed E-state index contributed by atoms with van der Waals surface area (Å²) in [7, 11) is -0.989. The van der Waals surface area contributed by atoms with Crippen LogP contribution in [0, 0.1) is 0 Å². The van der Waals surface area contributed by atoms with Crippen molar-refractivity contribution < 1.29 is 4.21 Å². The van der Waals surface area contributed by atoms with Crippen LogP contribution in [-0.2, 0) is 10.8 Å². The minimum Gasteiger partial charge on any atom is -0.370 e. The maximum Gasteiger partial charge on any atom is 0.189 e. The fourth-order valence-electron chi connectivity index (χ4n) is 2.41. The van der Waals surface area contributed by atoms with Crippen molar-refractivity contribution in [1.82, 2.24) is 5.32 Å². The quantitative estimate of drug-likeness (QED) is 0.577. The molecule has 2 aromatic rings. The molecule has 0 amide bonds. The lowest BCUT2D eigenvalue weighted by Gasteiger charge is -2.17. The molecule has 0 spiro atoms. The molecule has 2 rings (SSSR count). The van der Waals surface area contributed by atoms with Crippen molar-refractivity contribution in [3.8, 4) is 0 Å². The van der Waals surface area contributed by atoms with Gasteiger partial charge in [0.05, 0.1) is 12.1 Å². The van der Waals surface area contributed by atoms with Gasteiger partial charge < -0.3 is 11.1 Å². The van der Waals surface area contributed by atoms with Gasteiger partial charge in [0.2, 0.25) is 0 Å². The van der Waals surface area contributed by atoms with Crippen molar-refractivity contribution >= 4 is 40.0 Å². The van der Waals surface area contributed by atoms with E-state index in [1.165, 1.54) is 0 Å². The summed E-state index contributed by atoms with van der Waals surface area (Å²) >= 11 is 12.1. The maximum atomic E-state index is 11.4. The van der Waals surface area contributed by atoms with Crippen LogP contribution in [0.25, 0.3) is 0 Å². The van der Waals surface area contributed by atoms with Gasteiger partial charge in [-0.3, -0.25) is 4.21 Å². The largest absolute Gasteiger partial charge is 0.370 e. The molecule has 0 radical (unpaired) electrons. The van der Waals surface area contributed by atoms with Crippen LogP contribution in [0.1, 0.15) is 37.1 Å². The summed E-state index contributed by atoms with van der Waals surface area (Å²) in [5.41, 5.74) is 7.92. The number of nitrogens with zero attached hydrogens (tertiary/aromatic N) is 1. The van der Waals surface area contributed by atoms with Crippen LogP contribution in [-0.4, -0.2) is 16.4 Å². The van der Waals surface area contributed by atoms with Gasteiger partial charge in [0.1, 0.15) is 0 Å². The smallest absolute Gasteiger partial charge is 0.189 e. The van der Waals surface area contributed by atoms with Crippen LogP contribution in [0.2, 0.25) is 10.0 Å². The number of guanidine groups is 1. The molecule has 7 heteroatoms. The van der Waals surface area contributed by atoms with E-state index >= 15 is 0 Å². The first kappa shape index (κ1) is 19.8. The van der Waals surface area contributed by atoms with Crippen molar-refractivity contribution in [2.24, 2.45) is 10.7 Å². The molecule has 0 aliphatic rings. The predicted octanol–water partition coefficient (Wildman–Crippen LogP) is 4.46. The van der Waals surface area contributed by atoms with Gasteiger partial charge in [-0.1, -0.05) is 41.4 Å². The number of hydrogen-bond donors (Lipinski definition) is 2. The van der Waals surface area contributed by atoms with Crippen LogP contribution in [0.3, 0.4) is 0 Å².